The van der Waals surface area contributed by atoms with Crippen LogP contribution in [-0.4, -0.2) is 19.0 Å². The molecule has 1 unspecified atom stereocenters. The number of hydrogen-bond donors (Lipinski definition) is 1. The van der Waals surface area contributed by atoms with E-state index in [4.69, 9.17) is 11.6 Å². The third kappa shape index (κ3) is 4.47. The highest BCUT2D eigenvalue weighted by atomic mass is 79.9. The van der Waals surface area contributed by atoms with Crippen LogP contribution < -0.4 is 5.32 Å². The van der Waals surface area contributed by atoms with Gasteiger partial charge in [0.25, 0.3) is 0 Å². The van der Waals surface area contributed by atoms with Crippen LogP contribution in [0, 0.1) is 0 Å². The molecule has 0 fully saturated rings. The summed E-state index contributed by atoms with van der Waals surface area (Å²) in [5.41, 5.74) is 3.53. The van der Waals surface area contributed by atoms with Crippen molar-refractivity contribution in [1.82, 2.24) is 4.90 Å². The fourth-order valence-electron chi connectivity index (χ4n) is 2.30. The molecule has 0 bridgehead atoms. The molecule has 1 N–H and O–H groups in total. The largest absolute Gasteiger partial charge is 0.378 e. The van der Waals surface area contributed by atoms with Gasteiger partial charge >= 0.3 is 0 Å². The van der Waals surface area contributed by atoms with Gasteiger partial charge in [0.2, 0.25) is 0 Å². The minimum atomic E-state index is 0.147. The lowest BCUT2D eigenvalue weighted by Gasteiger charge is -2.21. The molecule has 21 heavy (non-hydrogen) atoms. The standard InChI is InChI=1S/C17H20BrClN2/c1-12(15-9-8-14(18)10-16(15)19)20-17-7-5-4-6-13(17)11-21(2)3/h4-10,12,20H,11H2,1-3H3. The Hall–Kier alpha value is -1.03. The molecular formula is C17H20BrClN2. The number of nitrogens with zero attached hydrogens (tertiary/aromatic N) is 1. The molecule has 2 rings (SSSR count). The number of rotatable bonds is 5. The Morgan fingerprint density at radius 2 is 1.90 bits per heavy atom. The Labute approximate surface area is 140 Å². The first-order valence-corrected chi connectivity index (χ1v) is 8.08. The predicted octanol–water partition coefficient (Wildman–Crippen LogP) is 5.34. The van der Waals surface area contributed by atoms with Gasteiger partial charge in [-0.05, 0) is 50.3 Å². The van der Waals surface area contributed by atoms with Crippen molar-refractivity contribution in [2.24, 2.45) is 0 Å². The van der Waals surface area contributed by atoms with Gasteiger partial charge in [-0.3, -0.25) is 0 Å². The molecule has 0 radical (unpaired) electrons. The number of halogens is 2. The summed E-state index contributed by atoms with van der Waals surface area (Å²) in [7, 11) is 4.15. The third-order valence-corrected chi connectivity index (χ3v) is 4.13. The van der Waals surface area contributed by atoms with Crippen molar-refractivity contribution in [3.05, 3.63) is 63.1 Å². The molecule has 4 heteroatoms. The molecule has 2 aromatic rings. The van der Waals surface area contributed by atoms with E-state index in [1.54, 1.807) is 0 Å². The molecular weight excluding hydrogens is 348 g/mol. The van der Waals surface area contributed by atoms with Crippen LogP contribution in [0.5, 0.6) is 0 Å². The smallest absolute Gasteiger partial charge is 0.0500 e. The number of hydrogen-bond acceptors (Lipinski definition) is 2. The molecule has 112 valence electrons. The molecule has 1 atom stereocenters. The van der Waals surface area contributed by atoms with Gasteiger partial charge in [-0.2, -0.15) is 0 Å². The molecule has 2 aromatic carbocycles. The monoisotopic (exact) mass is 366 g/mol. The molecule has 0 aliphatic rings. The van der Waals surface area contributed by atoms with Gasteiger partial charge in [0.1, 0.15) is 0 Å². The van der Waals surface area contributed by atoms with Crippen LogP contribution in [0.2, 0.25) is 5.02 Å². The van der Waals surface area contributed by atoms with Crippen LogP contribution in [0.1, 0.15) is 24.1 Å². The van der Waals surface area contributed by atoms with Crippen molar-refractivity contribution in [2.75, 3.05) is 19.4 Å². The molecule has 2 nitrogen and oxygen atoms in total. The Balaban J connectivity index is 2.21. The summed E-state index contributed by atoms with van der Waals surface area (Å²) in [6.45, 7) is 3.03. The summed E-state index contributed by atoms with van der Waals surface area (Å²) in [6.07, 6.45) is 0. The van der Waals surface area contributed by atoms with E-state index >= 15 is 0 Å². The number of anilines is 1. The molecule has 0 spiro atoms. The maximum absolute atomic E-state index is 6.34. The van der Waals surface area contributed by atoms with Gasteiger partial charge < -0.3 is 10.2 Å². The minimum Gasteiger partial charge on any atom is -0.378 e. The fourth-order valence-corrected chi connectivity index (χ4v) is 3.14. The van der Waals surface area contributed by atoms with Crippen LogP contribution in [0.25, 0.3) is 0 Å². The van der Waals surface area contributed by atoms with Crippen molar-refractivity contribution < 1.29 is 0 Å². The predicted molar refractivity (Wildman–Crippen MR) is 95.0 cm³/mol. The van der Waals surface area contributed by atoms with E-state index < -0.39 is 0 Å². The zero-order valence-corrected chi connectivity index (χ0v) is 14.9. The van der Waals surface area contributed by atoms with Crippen molar-refractivity contribution in [3.63, 3.8) is 0 Å². The lowest BCUT2D eigenvalue weighted by atomic mass is 10.1. The van der Waals surface area contributed by atoms with Crippen molar-refractivity contribution in [3.8, 4) is 0 Å². The first-order chi connectivity index (χ1) is 9.97. The SMILES string of the molecule is CC(Nc1ccccc1CN(C)C)c1ccc(Br)cc1Cl. The van der Waals surface area contributed by atoms with Gasteiger partial charge in [-0.25, -0.2) is 0 Å². The Bertz CT molecular complexity index is 613. The number of nitrogens with one attached hydrogen (secondary N) is 1. The third-order valence-electron chi connectivity index (χ3n) is 3.30. The van der Waals surface area contributed by atoms with Crippen LogP contribution in [0.15, 0.2) is 46.9 Å². The first-order valence-electron chi connectivity index (χ1n) is 6.91. The highest BCUT2D eigenvalue weighted by Crippen LogP contribution is 2.29. The summed E-state index contributed by atoms with van der Waals surface area (Å²) >= 11 is 9.78. The van der Waals surface area contributed by atoms with Gasteiger partial charge in [0.15, 0.2) is 0 Å². The fraction of sp³-hybridized carbons (Fsp3) is 0.294. The summed E-state index contributed by atoms with van der Waals surface area (Å²) < 4.78 is 0.997. The Morgan fingerprint density at radius 1 is 1.19 bits per heavy atom. The van der Waals surface area contributed by atoms with E-state index in [0.29, 0.717) is 0 Å². The Morgan fingerprint density at radius 3 is 2.57 bits per heavy atom. The maximum atomic E-state index is 6.34. The summed E-state index contributed by atoms with van der Waals surface area (Å²) in [5, 5.41) is 4.34. The van der Waals surface area contributed by atoms with E-state index in [1.807, 2.05) is 12.1 Å². The van der Waals surface area contributed by atoms with Crippen LogP contribution in [-0.2, 0) is 6.54 Å². The lowest BCUT2D eigenvalue weighted by Crippen LogP contribution is -2.14. The maximum Gasteiger partial charge on any atom is 0.0500 e. The first kappa shape index (κ1) is 16.3. The topological polar surface area (TPSA) is 15.3 Å². The molecule has 0 amide bonds. The average molecular weight is 368 g/mol. The van der Waals surface area contributed by atoms with Crippen molar-refractivity contribution in [2.45, 2.75) is 19.5 Å². The van der Waals surface area contributed by atoms with Crippen LogP contribution in [0.4, 0.5) is 5.69 Å². The normalized spacial score (nSPS) is 12.5. The molecule has 0 aromatic heterocycles. The van der Waals surface area contributed by atoms with Crippen molar-refractivity contribution in [1.29, 1.82) is 0 Å². The van der Waals surface area contributed by atoms with Crippen LogP contribution in [0.3, 0.4) is 0 Å². The second-order valence-electron chi connectivity index (χ2n) is 5.43. The molecule has 0 saturated heterocycles. The second kappa shape index (κ2) is 7.30. The van der Waals surface area contributed by atoms with Gasteiger partial charge in [0.05, 0.1) is 6.04 Å². The summed E-state index contributed by atoms with van der Waals surface area (Å²) in [4.78, 5) is 2.16. The average Bonchev–Trinajstić information content (AvgIpc) is 2.40. The molecule has 0 saturated carbocycles. The lowest BCUT2D eigenvalue weighted by molar-refractivity contribution is 0.403. The zero-order valence-electron chi connectivity index (χ0n) is 12.5. The quantitative estimate of drug-likeness (QED) is 0.767. The van der Waals surface area contributed by atoms with Crippen molar-refractivity contribution >= 4 is 33.2 Å². The highest BCUT2D eigenvalue weighted by Gasteiger charge is 2.12. The van der Waals surface area contributed by atoms with Gasteiger partial charge in [-0.1, -0.05) is 51.8 Å². The van der Waals surface area contributed by atoms with Gasteiger partial charge in [0, 0.05) is 21.7 Å². The van der Waals surface area contributed by atoms with E-state index in [0.717, 1.165) is 27.3 Å². The zero-order chi connectivity index (χ0) is 15.4. The molecule has 0 heterocycles. The minimum absolute atomic E-state index is 0.147. The number of para-hydroxylation sites is 1. The second-order valence-corrected chi connectivity index (χ2v) is 6.75. The summed E-state index contributed by atoms with van der Waals surface area (Å²) in [5.74, 6) is 0. The van der Waals surface area contributed by atoms with E-state index in [-0.39, 0.29) is 6.04 Å². The van der Waals surface area contributed by atoms with E-state index in [1.165, 1.54) is 5.56 Å². The molecule has 0 aliphatic heterocycles. The van der Waals surface area contributed by atoms with Gasteiger partial charge in [-0.15, -0.1) is 0 Å². The van der Waals surface area contributed by atoms with E-state index in [2.05, 4.69) is 77.5 Å². The Kier molecular flexibility index (Phi) is 5.68. The van der Waals surface area contributed by atoms with Crippen LogP contribution >= 0.6 is 27.5 Å². The molecule has 0 aliphatic carbocycles. The number of benzene rings is 2. The van der Waals surface area contributed by atoms with E-state index in [9.17, 15) is 0 Å². The highest BCUT2D eigenvalue weighted by molar-refractivity contribution is 9.10. The summed E-state index contributed by atoms with van der Waals surface area (Å²) in [6, 6.07) is 14.5.